The van der Waals surface area contributed by atoms with E-state index in [9.17, 15) is 9.18 Å². The van der Waals surface area contributed by atoms with Gasteiger partial charge in [-0.05, 0) is 24.3 Å². The summed E-state index contributed by atoms with van der Waals surface area (Å²) in [7, 11) is 0. The van der Waals surface area contributed by atoms with Gasteiger partial charge in [-0.25, -0.2) is 4.39 Å². The maximum atomic E-state index is 12.6. The second-order valence-electron chi connectivity index (χ2n) is 2.98. The lowest BCUT2D eigenvalue weighted by Crippen LogP contribution is -2.03. The van der Waals surface area contributed by atoms with Gasteiger partial charge in [0, 0.05) is 5.56 Å². The van der Waals surface area contributed by atoms with Crippen molar-refractivity contribution in [3.05, 3.63) is 47.4 Å². The summed E-state index contributed by atoms with van der Waals surface area (Å²) in [6.07, 6.45) is 0. The first kappa shape index (κ1) is 10.8. The van der Waals surface area contributed by atoms with Gasteiger partial charge in [-0.3, -0.25) is 4.79 Å². The Bertz CT molecular complexity index is 510. The van der Waals surface area contributed by atoms with E-state index in [1.54, 1.807) is 0 Å². The monoisotopic (exact) mass is 240 g/mol. The molecule has 0 saturated heterocycles. The number of hydrogen-bond donors (Lipinski definition) is 0. The molecule has 1 aromatic carbocycles. The molecule has 2 rings (SSSR count). The Morgan fingerprint density at radius 1 is 1.38 bits per heavy atom. The number of carbonyl (C=O) groups is 1. The summed E-state index contributed by atoms with van der Waals surface area (Å²) in [5.41, 5.74) is 0.295. The van der Waals surface area contributed by atoms with Gasteiger partial charge in [0.15, 0.2) is 0 Å². The maximum Gasteiger partial charge on any atom is 0.243 e. The average molecular weight is 241 g/mol. The van der Waals surface area contributed by atoms with Crippen LogP contribution in [0.2, 0.25) is 0 Å². The van der Waals surface area contributed by atoms with Gasteiger partial charge in [0.1, 0.15) is 11.7 Å². The molecule has 0 spiro atoms. The van der Waals surface area contributed by atoms with E-state index >= 15 is 0 Å². The van der Waals surface area contributed by atoms with Gasteiger partial charge in [-0.15, -0.1) is 11.6 Å². The summed E-state index contributed by atoms with van der Waals surface area (Å²) in [5.74, 6) is -0.704. The summed E-state index contributed by atoms with van der Waals surface area (Å²) < 4.78 is 17.3. The molecule has 16 heavy (non-hydrogen) atoms. The Morgan fingerprint density at radius 2 is 2.06 bits per heavy atom. The number of carbonyl (C=O) groups excluding carboxylic acids is 1. The van der Waals surface area contributed by atoms with Gasteiger partial charge < -0.3 is 4.52 Å². The van der Waals surface area contributed by atoms with E-state index < -0.39 is 11.6 Å². The second-order valence-corrected chi connectivity index (χ2v) is 3.25. The minimum absolute atomic E-state index is 0.0453. The fraction of sp³-hybridized carbons (Fsp3) is 0.100. The average Bonchev–Trinajstić information content (AvgIpc) is 2.77. The van der Waals surface area contributed by atoms with Gasteiger partial charge in [0.05, 0.1) is 0 Å². The zero-order valence-electron chi connectivity index (χ0n) is 7.98. The third kappa shape index (κ3) is 2.09. The number of alkyl halides is 1. The summed E-state index contributed by atoms with van der Waals surface area (Å²) in [6.45, 7) is 0. The van der Waals surface area contributed by atoms with Crippen molar-refractivity contribution in [3.8, 4) is 0 Å². The third-order valence-electron chi connectivity index (χ3n) is 1.89. The van der Waals surface area contributed by atoms with Crippen molar-refractivity contribution in [2.75, 3.05) is 0 Å². The molecule has 4 nitrogen and oxygen atoms in total. The standard InChI is InChI=1S/C10H6ClFN2O2/c11-5-8-13-10(14-16-8)9(15)6-1-3-7(12)4-2-6/h1-4H,5H2. The van der Waals surface area contributed by atoms with Crippen molar-refractivity contribution in [1.29, 1.82) is 0 Å². The molecule has 0 fully saturated rings. The molecule has 2 aromatic rings. The first-order valence-electron chi connectivity index (χ1n) is 4.39. The van der Waals surface area contributed by atoms with E-state index in [0.717, 1.165) is 0 Å². The Balaban J connectivity index is 2.28. The number of aromatic nitrogens is 2. The van der Waals surface area contributed by atoms with Gasteiger partial charge in [-0.1, -0.05) is 5.16 Å². The van der Waals surface area contributed by atoms with Gasteiger partial charge in [0.2, 0.25) is 17.5 Å². The number of nitrogens with zero attached hydrogens (tertiary/aromatic N) is 2. The molecule has 0 amide bonds. The SMILES string of the molecule is O=C(c1ccc(F)cc1)c1noc(CCl)n1. The number of rotatable bonds is 3. The van der Waals surface area contributed by atoms with Crippen LogP contribution in [0.1, 0.15) is 22.1 Å². The predicted molar refractivity (Wildman–Crippen MR) is 53.7 cm³/mol. The summed E-state index contributed by atoms with van der Waals surface area (Å²) >= 11 is 5.45. The van der Waals surface area contributed by atoms with E-state index in [1.807, 2.05) is 0 Å². The molecule has 82 valence electrons. The summed E-state index contributed by atoms with van der Waals surface area (Å²) in [4.78, 5) is 15.5. The molecular weight excluding hydrogens is 235 g/mol. The zero-order chi connectivity index (χ0) is 11.5. The highest BCUT2D eigenvalue weighted by Crippen LogP contribution is 2.09. The molecule has 0 unspecified atom stereocenters. The molecule has 1 heterocycles. The largest absolute Gasteiger partial charge is 0.338 e. The highest BCUT2D eigenvalue weighted by Gasteiger charge is 2.16. The third-order valence-corrected chi connectivity index (χ3v) is 2.12. The quantitative estimate of drug-likeness (QED) is 0.610. The van der Waals surface area contributed by atoms with Crippen LogP contribution in [0.5, 0.6) is 0 Å². The van der Waals surface area contributed by atoms with E-state index in [-0.39, 0.29) is 17.6 Å². The smallest absolute Gasteiger partial charge is 0.243 e. The second kappa shape index (κ2) is 4.40. The molecule has 0 N–H and O–H groups in total. The van der Waals surface area contributed by atoms with Crippen LogP contribution in [-0.2, 0) is 5.88 Å². The fourth-order valence-electron chi connectivity index (χ4n) is 1.13. The van der Waals surface area contributed by atoms with Crippen LogP contribution in [0.25, 0.3) is 0 Å². The summed E-state index contributed by atoms with van der Waals surface area (Å²) in [5, 5.41) is 3.47. The van der Waals surface area contributed by atoms with Gasteiger partial charge >= 0.3 is 0 Å². The first-order valence-corrected chi connectivity index (χ1v) is 4.93. The van der Waals surface area contributed by atoms with Gasteiger partial charge in [-0.2, -0.15) is 4.98 Å². The van der Waals surface area contributed by atoms with Crippen LogP contribution >= 0.6 is 11.6 Å². The molecule has 0 radical (unpaired) electrons. The fourth-order valence-corrected chi connectivity index (χ4v) is 1.24. The lowest BCUT2D eigenvalue weighted by atomic mass is 10.1. The summed E-state index contributed by atoms with van der Waals surface area (Å²) in [6, 6.07) is 5.09. The highest BCUT2D eigenvalue weighted by molar-refractivity contribution is 6.16. The molecule has 0 saturated carbocycles. The van der Waals surface area contributed by atoms with Crippen molar-refractivity contribution in [3.63, 3.8) is 0 Å². The zero-order valence-corrected chi connectivity index (χ0v) is 8.74. The van der Waals surface area contributed by atoms with E-state index in [1.165, 1.54) is 24.3 Å². The topological polar surface area (TPSA) is 56.0 Å². The lowest BCUT2D eigenvalue weighted by Gasteiger charge is -1.94. The van der Waals surface area contributed by atoms with Crippen molar-refractivity contribution < 1.29 is 13.7 Å². The van der Waals surface area contributed by atoms with Crippen LogP contribution < -0.4 is 0 Å². The molecule has 6 heteroatoms. The lowest BCUT2D eigenvalue weighted by molar-refractivity contribution is 0.102. The number of ketones is 1. The van der Waals surface area contributed by atoms with Crippen molar-refractivity contribution in [2.24, 2.45) is 0 Å². The van der Waals surface area contributed by atoms with Crippen molar-refractivity contribution in [2.45, 2.75) is 5.88 Å². The first-order chi connectivity index (χ1) is 7.70. The molecule has 0 atom stereocenters. The Labute approximate surface area is 95.0 Å². The van der Waals surface area contributed by atoms with Crippen LogP contribution in [0.3, 0.4) is 0 Å². The minimum atomic E-state index is -0.430. The Hall–Kier alpha value is -1.75. The molecule has 0 bridgehead atoms. The van der Waals surface area contributed by atoms with Crippen molar-refractivity contribution in [1.82, 2.24) is 10.1 Å². The van der Waals surface area contributed by atoms with E-state index in [4.69, 9.17) is 16.1 Å². The number of hydrogen-bond acceptors (Lipinski definition) is 4. The van der Waals surface area contributed by atoms with Crippen LogP contribution in [0.15, 0.2) is 28.8 Å². The normalized spacial score (nSPS) is 10.4. The van der Waals surface area contributed by atoms with Crippen molar-refractivity contribution >= 4 is 17.4 Å². The number of benzene rings is 1. The Morgan fingerprint density at radius 3 is 2.62 bits per heavy atom. The minimum Gasteiger partial charge on any atom is -0.338 e. The molecule has 0 aliphatic heterocycles. The molecule has 0 aliphatic carbocycles. The molecule has 0 aliphatic rings. The number of halogens is 2. The molecular formula is C10H6ClFN2O2. The van der Waals surface area contributed by atoms with E-state index in [2.05, 4.69) is 10.1 Å². The van der Waals surface area contributed by atoms with Gasteiger partial charge in [0.25, 0.3) is 0 Å². The van der Waals surface area contributed by atoms with Crippen LogP contribution in [0.4, 0.5) is 4.39 Å². The Kier molecular flexibility index (Phi) is 2.96. The van der Waals surface area contributed by atoms with Crippen LogP contribution in [-0.4, -0.2) is 15.9 Å². The maximum absolute atomic E-state index is 12.6. The predicted octanol–water partition coefficient (Wildman–Crippen LogP) is 2.18. The molecule has 1 aromatic heterocycles. The highest BCUT2D eigenvalue weighted by atomic mass is 35.5. The van der Waals surface area contributed by atoms with E-state index in [0.29, 0.717) is 5.56 Å². The van der Waals surface area contributed by atoms with Crippen LogP contribution in [0, 0.1) is 5.82 Å².